The number of amides is 1. The maximum atomic E-state index is 12.9. The number of unbranched alkanes of at least 4 members (excludes halogenated alkanes) is 1. The molecule has 0 aliphatic carbocycles. The number of carbonyl (C=O) groups is 2. The van der Waals surface area contributed by atoms with Crippen LogP contribution in [0.15, 0.2) is 34.7 Å². The van der Waals surface area contributed by atoms with Crippen LogP contribution in [0.1, 0.15) is 41.3 Å². The molecule has 0 atom stereocenters. The van der Waals surface area contributed by atoms with Crippen molar-refractivity contribution < 1.29 is 14.3 Å². The monoisotopic (exact) mass is 413 g/mol. The Bertz CT molecular complexity index is 1120. The van der Waals surface area contributed by atoms with Crippen molar-refractivity contribution in [2.45, 2.75) is 40.2 Å². The van der Waals surface area contributed by atoms with Crippen molar-refractivity contribution in [1.29, 1.82) is 0 Å². The van der Waals surface area contributed by atoms with Gasteiger partial charge in [0, 0.05) is 11.1 Å². The molecule has 1 amide bonds. The molecule has 0 saturated heterocycles. The predicted octanol–water partition coefficient (Wildman–Crippen LogP) is 3.67. The average molecular weight is 413 g/mol. The largest absolute Gasteiger partial charge is 0.462 e. The van der Waals surface area contributed by atoms with Gasteiger partial charge in [-0.2, -0.15) is 0 Å². The lowest BCUT2D eigenvalue weighted by atomic mass is 10.1. The van der Waals surface area contributed by atoms with Gasteiger partial charge in [-0.25, -0.2) is 9.78 Å². The predicted molar refractivity (Wildman–Crippen MR) is 114 cm³/mol. The van der Waals surface area contributed by atoms with E-state index < -0.39 is 11.5 Å². The third kappa shape index (κ3) is 4.71. The van der Waals surface area contributed by atoms with Crippen molar-refractivity contribution in [3.05, 3.63) is 57.0 Å². The molecule has 0 fully saturated rings. The number of benzene rings is 1. The number of rotatable bonds is 7. The number of fused-ring (bicyclic) bond motifs is 1. The SMILES string of the molecule is CCCCOC(=O)c1csc2ncn(CC(=O)Nc3ccc(C)c(C)c3)c(=O)c12. The van der Waals surface area contributed by atoms with E-state index in [0.717, 1.165) is 24.0 Å². The van der Waals surface area contributed by atoms with E-state index in [0.29, 0.717) is 17.1 Å². The normalized spacial score (nSPS) is 10.9. The molecule has 7 nitrogen and oxygen atoms in total. The number of ether oxygens (including phenoxy) is 1. The van der Waals surface area contributed by atoms with Crippen molar-refractivity contribution in [1.82, 2.24) is 9.55 Å². The summed E-state index contributed by atoms with van der Waals surface area (Å²) in [6.45, 7) is 6.06. The number of aryl methyl sites for hydroxylation is 2. The molecule has 0 bridgehead atoms. The summed E-state index contributed by atoms with van der Waals surface area (Å²) in [6, 6.07) is 5.61. The van der Waals surface area contributed by atoms with Gasteiger partial charge in [-0.05, 0) is 43.5 Å². The maximum Gasteiger partial charge on any atom is 0.339 e. The van der Waals surface area contributed by atoms with Crippen molar-refractivity contribution in [2.24, 2.45) is 0 Å². The summed E-state index contributed by atoms with van der Waals surface area (Å²) >= 11 is 1.20. The summed E-state index contributed by atoms with van der Waals surface area (Å²) in [5.74, 6) is -0.889. The quantitative estimate of drug-likeness (QED) is 0.471. The number of nitrogens with zero attached hydrogens (tertiary/aromatic N) is 2. The lowest BCUT2D eigenvalue weighted by molar-refractivity contribution is -0.116. The van der Waals surface area contributed by atoms with E-state index in [-0.39, 0.29) is 23.4 Å². The van der Waals surface area contributed by atoms with Gasteiger partial charge in [0.15, 0.2) is 0 Å². The van der Waals surface area contributed by atoms with Gasteiger partial charge >= 0.3 is 5.97 Å². The summed E-state index contributed by atoms with van der Waals surface area (Å²) in [4.78, 5) is 42.3. The number of nitrogens with one attached hydrogen (secondary N) is 1. The Kier molecular flexibility index (Phi) is 6.43. The molecule has 0 saturated carbocycles. The van der Waals surface area contributed by atoms with Gasteiger partial charge in [0.1, 0.15) is 11.4 Å². The Balaban J connectivity index is 1.80. The van der Waals surface area contributed by atoms with E-state index >= 15 is 0 Å². The fraction of sp³-hybridized carbons (Fsp3) is 0.333. The first-order chi connectivity index (χ1) is 13.9. The molecule has 3 aromatic rings. The van der Waals surface area contributed by atoms with Gasteiger partial charge in [0.25, 0.3) is 5.56 Å². The standard InChI is InChI=1S/C21H23N3O4S/c1-4-5-8-28-21(27)16-11-29-19-18(16)20(26)24(12-22-19)10-17(25)23-15-7-6-13(2)14(3)9-15/h6-7,9,11-12H,4-5,8,10H2,1-3H3,(H,23,25). The Hall–Kier alpha value is -3.00. The van der Waals surface area contributed by atoms with Crippen LogP contribution in [0, 0.1) is 13.8 Å². The number of aromatic nitrogens is 2. The first-order valence-electron chi connectivity index (χ1n) is 9.41. The van der Waals surface area contributed by atoms with Crippen LogP contribution >= 0.6 is 11.3 Å². The van der Waals surface area contributed by atoms with Crippen LogP contribution in [0.4, 0.5) is 5.69 Å². The van der Waals surface area contributed by atoms with E-state index in [1.165, 1.54) is 22.2 Å². The lowest BCUT2D eigenvalue weighted by Crippen LogP contribution is -2.28. The number of hydrogen-bond acceptors (Lipinski definition) is 6. The smallest absolute Gasteiger partial charge is 0.339 e. The van der Waals surface area contributed by atoms with Crippen molar-refractivity contribution >= 4 is 39.1 Å². The topological polar surface area (TPSA) is 90.3 Å². The molecule has 2 heterocycles. The Morgan fingerprint density at radius 1 is 1.24 bits per heavy atom. The highest BCUT2D eigenvalue weighted by Gasteiger charge is 2.19. The lowest BCUT2D eigenvalue weighted by Gasteiger charge is -2.09. The second-order valence-corrected chi connectivity index (χ2v) is 7.70. The summed E-state index contributed by atoms with van der Waals surface area (Å²) in [5.41, 5.74) is 2.62. The molecule has 0 aliphatic heterocycles. The van der Waals surface area contributed by atoms with Crippen LogP contribution in [0.5, 0.6) is 0 Å². The first-order valence-corrected chi connectivity index (χ1v) is 10.3. The highest BCUT2D eigenvalue weighted by molar-refractivity contribution is 7.17. The van der Waals surface area contributed by atoms with E-state index in [1.54, 1.807) is 5.38 Å². The van der Waals surface area contributed by atoms with E-state index in [9.17, 15) is 14.4 Å². The second-order valence-electron chi connectivity index (χ2n) is 6.84. The minimum Gasteiger partial charge on any atom is -0.462 e. The highest BCUT2D eigenvalue weighted by atomic mass is 32.1. The molecule has 8 heteroatoms. The number of anilines is 1. The zero-order valence-corrected chi connectivity index (χ0v) is 17.5. The molecule has 0 spiro atoms. The Morgan fingerprint density at radius 3 is 2.76 bits per heavy atom. The molecular formula is C21H23N3O4S. The van der Waals surface area contributed by atoms with Crippen molar-refractivity contribution in [2.75, 3.05) is 11.9 Å². The van der Waals surface area contributed by atoms with Gasteiger partial charge < -0.3 is 10.1 Å². The van der Waals surface area contributed by atoms with Crippen LogP contribution in [-0.4, -0.2) is 28.0 Å². The molecule has 0 unspecified atom stereocenters. The molecular weight excluding hydrogens is 390 g/mol. The van der Waals surface area contributed by atoms with Gasteiger partial charge in [-0.3, -0.25) is 14.2 Å². The third-order valence-corrected chi connectivity index (χ3v) is 5.50. The molecule has 3 rings (SSSR count). The summed E-state index contributed by atoms with van der Waals surface area (Å²) in [7, 11) is 0. The molecule has 2 aromatic heterocycles. The van der Waals surface area contributed by atoms with Crippen LogP contribution < -0.4 is 10.9 Å². The van der Waals surface area contributed by atoms with E-state index in [2.05, 4.69) is 10.3 Å². The van der Waals surface area contributed by atoms with Gasteiger partial charge in [0.05, 0.1) is 23.9 Å². The van der Waals surface area contributed by atoms with E-state index in [4.69, 9.17) is 4.74 Å². The molecule has 0 aliphatic rings. The van der Waals surface area contributed by atoms with Crippen LogP contribution in [0.25, 0.3) is 10.2 Å². The zero-order valence-electron chi connectivity index (χ0n) is 16.7. The summed E-state index contributed by atoms with van der Waals surface area (Å²) < 4.78 is 6.43. The van der Waals surface area contributed by atoms with Crippen LogP contribution in [-0.2, 0) is 16.1 Å². The Labute approximate surface area is 172 Å². The molecule has 1 N–H and O–H groups in total. The fourth-order valence-corrected chi connectivity index (χ4v) is 3.66. The minimum absolute atomic E-state index is 0.193. The summed E-state index contributed by atoms with van der Waals surface area (Å²) in [6.07, 6.45) is 2.99. The number of hydrogen-bond donors (Lipinski definition) is 1. The average Bonchev–Trinajstić information content (AvgIpc) is 3.12. The number of thiophene rings is 1. The fourth-order valence-electron chi connectivity index (χ4n) is 2.79. The second kappa shape index (κ2) is 9.00. The summed E-state index contributed by atoms with van der Waals surface area (Å²) in [5, 5.41) is 4.55. The number of esters is 1. The highest BCUT2D eigenvalue weighted by Crippen LogP contribution is 2.22. The first kappa shape index (κ1) is 20.7. The molecule has 152 valence electrons. The van der Waals surface area contributed by atoms with Gasteiger partial charge in [-0.1, -0.05) is 19.4 Å². The molecule has 29 heavy (non-hydrogen) atoms. The van der Waals surface area contributed by atoms with Crippen molar-refractivity contribution in [3.8, 4) is 0 Å². The molecule has 1 aromatic carbocycles. The number of carbonyl (C=O) groups excluding carboxylic acids is 2. The van der Waals surface area contributed by atoms with Crippen LogP contribution in [0.2, 0.25) is 0 Å². The van der Waals surface area contributed by atoms with E-state index in [1.807, 2.05) is 39.0 Å². The van der Waals surface area contributed by atoms with Crippen LogP contribution in [0.3, 0.4) is 0 Å². The minimum atomic E-state index is -0.541. The Morgan fingerprint density at radius 2 is 2.03 bits per heavy atom. The zero-order chi connectivity index (χ0) is 21.0. The van der Waals surface area contributed by atoms with Gasteiger partial charge in [0.2, 0.25) is 5.91 Å². The van der Waals surface area contributed by atoms with Crippen molar-refractivity contribution in [3.63, 3.8) is 0 Å². The third-order valence-electron chi connectivity index (χ3n) is 4.62. The maximum absolute atomic E-state index is 12.9. The van der Waals surface area contributed by atoms with Gasteiger partial charge in [-0.15, -0.1) is 11.3 Å². The molecule has 0 radical (unpaired) electrons.